The maximum absolute atomic E-state index is 6.32. The third-order valence-corrected chi connectivity index (χ3v) is 8.38. The first kappa shape index (κ1) is 20.2. The Morgan fingerprint density at radius 3 is 2.73 bits per heavy atom. The lowest BCUT2D eigenvalue weighted by atomic mass is 9.76. The lowest BCUT2D eigenvalue weighted by Gasteiger charge is -2.40. The molecule has 10 heteroatoms. The Bertz CT molecular complexity index is 1090. The fourth-order valence-corrected chi connectivity index (χ4v) is 6.32. The number of fused-ring (bicyclic) bond motifs is 1. The average molecular weight is 464 g/mol. The van der Waals surface area contributed by atoms with Crippen molar-refractivity contribution in [3.05, 3.63) is 28.8 Å². The van der Waals surface area contributed by atoms with Crippen molar-refractivity contribution in [3.63, 3.8) is 0 Å². The van der Waals surface area contributed by atoms with Crippen molar-refractivity contribution in [2.24, 2.45) is 11.3 Å². The molecular weight excluding hydrogens is 441 g/mol. The number of nitrogens with two attached hydrogens (primary N) is 1. The van der Waals surface area contributed by atoms with Gasteiger partial charge in [-0.15, -0.1) is 10.2 Å². The van der Waals surface area contributed by atoms with Gasteiger partial charge >= 0.3 is 0 Å². The maximum atomic E-state index is 6.32. The molecule has 2 fully saturated rings. The number of nitrogen functional groups attached to an aromatic ring is 1. The van der Waals surface area contributed by atoms with Gasteiger partial charge in [0.15, 0.2) is 10.8 Å². The Kier molecular flexibility index (Phi) is 5.19. The second kappa shape index (κ2) is 7.73. The first-order chi connectivity index (χ1) is 14.4. The Morgan fingerprint density at radius 1 is 1.20 bits per heavy atom. The molecule has 7 nitrogen and oxygen atoms in total. The van der Waals surface area contributed by atoms with E-state index >= 15 is 0 Å². The number of nitrogens with zero attached hydrogens (tertiary/aromatic N) is 6. The molecular formula is C20H23Cl2N7S. The molecule has 1 saturated carbocycles. The summed E-state index contributed by atoms with van der Waals surface area (Å²) in [6, 6.07) is 1.70. The highest BCUT2D eigenvalue weighted by Gasteiger charge is 2.40. The largest absolute Gasteiger partial charge is 0.384 e. The third-order valence-electron chi connectivity index (χ3n) is 6.46. The smallest absolute Gasteiger partial charge is 0.212 e. The van der Waals surface area contributed by atoms with Gasteiger partial charge in [0.2, 0.25) is 5.95 Å². The van der Waals surface area contributed by atoms with E-state index in [0.29, 0.717) is 21.2 Å². The quantitative estimate of drug-likeness (QED) is 0.548. The summed E-state index contributed by atoms with van der Waals surface area (Å²) in [4.78, 5) is 12.6. The van der Waals surface area contributed by atoms with E-state index < -0.39 is 0 Å². The summed E-state index contributed by atoms with van der Waals surface area (Å²) in [6.07, 6.45) is 10.1. The van der Waals surface area contributed by atoms with Crippen LogP contribution < -0.4 is 10.6 Å². The van der Waals surface area contributed by atoms with Crippen molar-refractivity contribution < 1.29 is 0 Å². The summed E-state index contributed by atoms with van der Waals surface area (Å²) < 4.78 is 1.96. The van der Waals surface area contributed by atoms with E-state index in [1.54, 1.807) is 12.4 Å². The van der Waals surface area contributed by atoms with Crippen LogP contribution in [0, 0.1) is 11.3 Å². The van der Waals surface area contributed by atoms with Gasteiger partial charge in [-0.2, -0.15) is 0 Å². The lowest BCUT2D eigenvalue weighted by Crippen LogP contribution is -2.40. The molecule has 1 unspecified atom stereocenters. The van der Waals surface area contributed by atoms with Crippen molar-refractivity contribution >= 4 is 52.4 Å². The zero-order chi connectivity index (χ0) is 20.9. The first-order valence-corrected chi connectivity index (χ1v) is 11.7. The maximum Gasteiger partial charge on any atom is 0.212 e. The molecule has 3 aromatic heterocycles. The highest BCUT2D eigenvalue weighted by molar-refractivity contribution is 7.99. The second-order valence-electron chi connectivity index (χ2n) is 8.53. The van der Waals surface area contributed by atoms with Crippen LogP contribution in [0.25, 0.3) is 5.65 Å². The van der Waals surface area contributed by atoms with Crippen molar-refractivity contribution in [1.29, 1.82) is 0 Å². The van der Waals surface area contributed by atoms with Crippen LogP contribution in [-0.4, -0.2) is 37.7 Å². The van der Waals surface area contributed by atoms with E-state index in [4.69, 9.17) is 33.9 Å². The zero-order valence-electron chi connectivity index (χ0n) is 16.7. The average Bonchev–Trinajstić information content (AvgIpc) is 3.34. The van der Waals surface area contributed by atoms with Gasteiger partial charge in [-0.05, 0) is 43.1 Å². The van der Waals surface area contributed by atoms with Crippen molar-refractivity contribution in [1.82, 2.24) is 24.6 Å². The Hall–Kier alpha value is -1.77. The molecule has 1 spiro atoms. The molecule has 1 aliphatic heterocycles. The minimum Gasteiger partial charge on any atom is -0.384 e. The molecule has 5 rings (SSSR count). The summed E-state index contributed by atoms with van der Waals surface area (Å²) in [5, 5.41) is 9.01. The molecule has 158 valence electrons. The third kappa shape index (κ3) is 3.59. The van der Waals surface area contributed by atoms with Gasteiger partial charge in [0, 0.05) is 24.2 Å². The van der Waals surface area contributed by atoms with E-state index in [-0.39, 0.29) is 5.15 Å². The molecule has 3 aromatic rings. The minimum atomic E-state index is 0.185. The van der Waals surface area contributed by atoms with Crippen molar-refractivity contribution in [3.8, 4) is 0 Å². The molecule has 2 aliphatic rings. The number of halogens is 2. The molecule has 1 atom stereocenters. The van der Waals surface area contributed by atoms with Crippen LogP contribution in [0.2, 0.25) is 10.2 Å². The Labute approximate surface area is 189 Å². The van der Waals surface area contributed by atoms with E-state index in [2.05, 4.69) is 27.0 Å². The fraction of sp³-hybridized carbons (Fsp3) is 0.500. The molecule has 0 amide bonds. The highest BCUT2D eigenvalue weighted by Crippen LogP contribution is 2.49. The fourth-order valence-electron chi connectivity index (χ4n) is 4.91. The molecule has 1 saturated heterocycles. The van der Waals surface area contributed by atoms with Gasteiger partial charge in [0.05, 0.1) is 9.92 Å². The summed E-state index contributed by atoms with van der Waals surface area (Å²) in [5.41, 5.74) is 7.11. The van der Waals surface area contributed by atoms with Crippen LogP contribution in [0.5, 0.6) is 0 Å². The van der Waals surface area contributed by atoms with Gasteiger partial charge in [0.25, 0.3) is 0 Å². The highest BCUT2D eigenvalue weighted by atomic mass is 35.5. The molecule has 0 bridgehead atoms. The topological polar surface area (TPSA) is 85.2 Å². The number of hydrogen-bond donors (Lipinski definition) is 1. The van der Waals surface area contributed by atoms with Gasteiger partial charge in [-0.3, -0.25) is 0 Å². The monoisotopic (exact) mass is 463 g/mol. The molecule has 0 aromatic carbocycles. The minimum absolute atomic E-state index is 0.185. The zero-order valence-corrected chi connectivity index (χ0v) is 19.0. The van der Waals surface area contributed by atoms with Gasteiger partial charge in [-0.1, -0.05) is 48.3 Å². The molecule has 2 N–H and O–H groups in total. The SMILES string of the molecule is CC1CCC2(CCN(c3ncc(Sc4cc(N)nc(Cl)c4Cl)c4nncn34)CC2)C1. The van der Waals surface area contributed by atoms with E-state index in [0.717, 1.165) is 35.5 Å². The Morgan fingerprint density at radius 2 is 2.00 bits per heavy atom. The van der Waals surface area contributed by atoms with Crippen LogP contribution in [0.1, 0.15) is 39.0 Å². The van der Waals surface area contributed by atoms with Crippen LogP contribution in [0.4, 0.5) is 11.8 Å². The summed E-state index contributed by atoms with van der Waals surface area (Å²) in [5.74, 6) is 2.06. The van der Waals surface area contributed by atoms with Crippen LogP contribution in [0.3, 0.4) is 0 Å². The lowest BCUT2D eigenvalue weighted by molar-refractivity contribution is 0.218. The van der Waals surface area contributed by atoms with E-state index in [1.165, 1.54) is 43.9 Å². The van der Waals surface area contributed by atoms with Crippen molar-refractivity contribution in [2.45, 2.75) is 48.8 Å². The molecule has 4 heterocycles. The van der Waals surface area contributed by atoms with Gasteiger partial charge < -0.3 is 10.6 Å². The van der Waals surface area contributed by atoms with E-state index in [1.807, 2.05) is 10.6 Å². The first-order valence-electron chi connectivity index (χ1n) is 10.2. The van der Waals surface area contributed by atoms with Crippen LogP contribution in [-0.2, 0) is 0 Å². The van der Waals surface area contributed by atoms with Crippen LogP contribution >= 0.6 is 35.0 Å². The molecule has 1 aliphatic carbocycles. The summed E-state index contributed by atoms with van der Waals surface area (Å²) in [7, 11) is 0. The molecule has 30 heavy (non-hydrogen) atoms. The van der Waals surface area contributed by atoms with Crippen LogP contribution in [0.15, 0.2) is 28.4 Å². The van der Waals surface area contributed by atoms with Gasteiger partial charge in [0.1, 0.15) is 12.1 Å². The Balaban J connectivity index is 1.41. The number of hydrogen-bond acceptors (Lipinski definition) is 7. The van der Waals surface area contributed by atoms with Gasteiger partial charge in [-0.25, -0.2) is 14.4 Å². The number of piperidine rings is 1. The number of rotatable bonds is 3. The normalized spacial score (nSPS) is 21.0. The standard InChI is InChI=1S/C20H23Cl2N7S/c1-12-2-3-20(9-12)4-6-28(7-5-20)19-24-10-14(18-27-25-11-29(18)19)30-13-8-15(23)26-17(22)16(13)21/h8,10-12H,2-7,9H2,1H3,(H2,23,26). The number of aromatic nitrogens is 5. The summed E-state index contributed by atoms with van der Waals surface area (Å²) in [6.45, 7) is 4.42. The number of anilines is 2. The predicted octanol–water partition coefficient (Wildman–Crippen LogP) is 4.97. The second-order valence-corrected chi connectivity index (χ2v) is 10.4. The molecule has 0 radical (unpaired) electrons. The number of pyridine rings is 1. The van der Waals surface area contributed by atoms with Crippen molar-refractivity contribution in [2.75, 3.05) is 23.7 Å². The predicted molar refractivity (Wildman–Crippen MR) is 120 cm³/mol. The van der Waals surface area contributed by atoms with E-state index in [9.17, 15) is 0 Å². The summed E-state index contributed by atoms with van der Waals surface area (Å²) >= 11 is 13.8.